The molecule has 0 saturated carbocycles. The lowest BCUT2D eigenvalue weighted by Crippen LogP contribution is -2.52. The Balaban J connectivity index is 0.000000209. The first-order valence-electron chi connectivity index (χ1n) is 27.5. The summed E-state index contributed by atoms with van der Waals surface area (Å²) in [6.07, 6.45) is 4.63. The molecule has 90 heavy (non-hydrogen) atoms. The number of methoxy groups -OCH3 is 3. The van der Waals surface area contributed by atoms with E-state index in [1.54, 1.807) is 112 Å². The highest BCUT2D eigenvalue weighted by atomic mass is 19.4. The SMILES string of the molecule is C.C.COC(=O)c1ccc(-c2ccn(-c3ncc(OC)c4c(C(=O)C(=O)N5CCN(C(=O)c6ccccc6)CC5)c[nH]c34)n2)cc1.COc1cnc(-n2ccc(-c3ccc(C(F)(F)F)cc3)n2)c2[nH]cc(C(=O)C(=O)N3CCN(C(=O)c4ccccc4)CC3)c12. The van der Waals surface area contributed by atoms with Gasteiger partial charge in [-0.3, -0.25) is 28.8 Å². The molecule has 12 rings (SSSR count). The second-order valence-corrected chi connectivity index (χ2v) is 20.2. The number of piperazine rings is 2. The number of ketones is 2. The third-order valence-corrected chi connectivity index (χ3v) is 15.1. The molecular weight excluding hydrogens is 1170 g/mol. The Morgan fingerprint density at radius 2 is 0.856 bits per heavy atom. The van der Waals surface area contributed by atoms with Gasteiger partial charge >= 0.3 is 12.1 Å². The molecule has 22 nitrogen and oxygen atoms in total. The molecule has 4 amide bonds. The summed E-state index contributed by atoms with van der Waals surface area (Å²) in [7, 11) is 4.21. The lowest BCUT2D eigenvalue weighted by atomic mass is 10.1. The Bertz CT molecular complexity index is 4280. The van der Waals surface area contributed by atoms with Gasteiger partial charge < -0.3 is 43.8 Å². The Labute approximate surface area is 513 Å². The molecule has 2 N–H and O–H groups in total. The lowest BCUT2D eigenvalue weighted by molar-refractivity contribution is -0.137. The minimum absolute atomic E-state index is 0. The first-order chi connectivity index (χ1) is 42.5. The quantitative estimate of drug-likeness (QED) is 0.0620. The van der Waals surface area contributed by atoms with Crippen LogP contribution >= 0.6 is 0 Å². The number of carbonyl (C=O) groups excluding carboxylic acids is 7. The average Bonchev–Trinajstić information content (AvgIpc) is 1.76. The van der Waals surface area contributed by atoms with Crippen molar-refractivity contribution in [2.24, 2.45) is 0 Å². The number of carbonyl (C=O) groups is 7. The number of benzene rings is 4. The number of H-pyrrole nitrogens is 2. The van der Waals surface area contributed by atoms with E-state index in [1.807, 2.05) is 12.1 Å². The molecule has 0 unspecified atom stereocenters. The molecule has 0 spiro atoms. The first kappa shape index (κ1) is 63.3. The number of hydrogen-bond donors (Lipinski definition) is 2. The minimum atomic E-state index is -4.45. The summed E-state index contributed by atoms with van der Waals surface area (Å²) in [4.78, 5) is 112. The van der Waals surface area contributed by atoms with Crippen LogP contribution in [0.3, 0.4) is 0 Å². The number of ether oxygens (including phenoxy) is 3. The monoisotopic (exact) mass is 1230 g/mol. The van der Waals surface area contributed by atoms with E-state index in [1.165, 1.54) is 72.7 Å². The molecule has 10 aromatic rings. The highest BCUT2D eigenvalue weighted by Gasteiger charge is 2.34. The van der Waals surface area contributed by atoms with Crippen molar-refractivity contribution in [1.82, 2.24) is 59.1 Å². The Kier molecular flexibility index (Phi) is 18.8. The van der Waals surface area contributed by atoms with Gasteiger partial charge in [-0.05, 0) is 60.7 Å². The summed E-state index contributed by atoms with van der Waals surface area (Å²) >= 11 is 0. The fraction of sp³-hybridized carbons (Fsp3) is 0.215. The third-order valence-electron chi connectivity index (χ3n) is 15.1. The van der Waals surface area contributed by atoms with Crippen molar-refractivity contribution in [2.75, 3.05) is 73.7 Å². The second kappa shape index (κ2) is 26.8. The van der Waals surface area contributed by atoms with Gasteiger partial charge in [0.15, 0.2) is 11.6 Å². The number of hydrogen-bond acceptors (Lipinski definition) is 14. The zero-order valence-electron chi connectivity index (χ0n) is 47.4. The molecule has 2 saturated heterocycles. The van der Waals surface area contributed by atoms with Gasteiger partial charge in [-0.1, -0.05) is 75.5 Å². The summed E-state index contributed by atoms with van der Waals surface area (Å²) in [6.45, 7) is 2.12. The van der Waals surface area contributed by atoms with Gasteiger partial charge in [0.2, 0.25) is 0 Å². The van der Waals surface area contributed by atoms with Crippen molar-refractivity contribution >= 4 is 63.0 Å². The second-order valence-electron chi connectivity index (χ2n) is 20.2. The van der Waals surface area contributed by atoms with E-state index in [0.717, 1.165) is 17.7 Å². The van der Waals surface area contributed by atoms with Crippen molar-refractivity contribution in [2.45, 2.75) is 21.0 Å². The van der Waals surface area contributed by atoms with Crippen molar-refractivity contribution in [1.29, 1.82) is 0 Å². The maximum atomic E-state index is 13.5. The van der Waals surface area contributed by atoms with Crippen LogP contribution < -0.4 is 9.47 Å². The zero-order valence-corrected chi connectivity index (χ0v) is 47.4. The highest BCUT2D eigenvalue weighted by molar-refractivity contribution is 6.46. The molecule has 2 fully saturated rings. The minimum Gasteiger partial charge on any atom is -0.494 e. The van der Waals surface area contributed by atoms with Crippen LogP contribution in [0.2, 0.25) is 0 Å². The molecular formula is C65H61F3N12O10. The van der Waals surface area contributed by atoms with E-state index in [4.69, 9.17) is 14.2 Å². The van der Waals surface area contributed by atoms with Crippen molar-refractivity contribution < 1.29 is 60.9 Å². The van der Waals surface area contributed by atoms with Crippen LogP contribution in [0.4, 0.5) is 13.2 Å². The van der Waals surface area contributed by atoms with Crippen molar-refractivity contribution in [3.63, 3.8) is 0 Å². The average molecular weight is 1230 g/mol. The van der Waals surface area contributed by atoms with Crippen LogP contribution in [0.5, 0.6) is 11.5 Å². The Morgan fingerprint density at radius 1 is 0.478 bits per heavy atom. The third kappa shape index (κ3) is 12.6. The van der Waals surface area contributed by atoms with Crippen molar-refractivity contribution in [3.05, 3.63) is 192 Å². The number of rotatable bonds is 13. The van der Waals surface area contributed by atoms with Gasteiger partial charge in [-0.2, -0.15) is 23.4 Å². The molecule has 8 heterocycles. The van der Waals surface area contributed by atoms with Crippen LogP contribution in [0, 0.1) is 0 Å². The Hall–Kier alpha value is -11.2. The van der Waals surface area contributed by atoms with Gasteiger partial charge in [0.1, 0.15) is 11.5 Å². The van der Waals surface area contributed by atoms with Crippen LogP contribution in [0.25, 0.3) is 56.0 Å². The number of nitrogens with one attached hydrogen (secondary N) is 2. The summed E-state index contributed by atoms with van der Waals surface area (Å²) < 4.78 is 57.6. The highest BCUT2D eigenvalue weighted by Crippen LogP contribution is 2.36. The molecule has 6 aromatic heterocycles. The van der Waals surface area contributed by atoms with E-state index in [0.29, 0.717) is 99.0 Å². The maximum Gasteiger partial charge on any atom is 0.416 e. The zero-order chi connectivity index (χ0) is 61.8. The number of pyridine rings is 2. The molecule has 25 heteroatoms. The number of esters is 1. The molecule has 0 radical (unpaired) electrons. The number of aromatic amines is 2. The Morgan fingerprint density at radius 3 is 1.22 bits per heavy atom. The van der Waals surface area contributed by atoms with E-state index >= 15 is 0 Å². The number of nitrogens with zero attached hydrogens (tertiary/aromatic N) is 10. The summed E-state index contributed by atoms with van der Waals surface area (Å²) in [5.41, 5.74) is 4.18. The number of fused-ring (bicyclic) bond motifs is 2. The topological polar surface area (TPSA) is 253 Å². The number of halogens is 3. The molecule has 0 aliphatic carbocycles. The fourth-order valence-electron chi connectivity index (χ4n) is 10.4. The largest absolute Gasteiger partial charge is 0.494 e. The molecule has 462 valence electrons. The summed E-state index contributed by atoms with van der Waals surface area (Å²) in [5, 5.41) is 9.86. The van der Waals surface area contributed by atoms with Crippen molar-refractivity contribution in [3.8, 4) is 45.6 Å². The maximum absolute atomic E-state index is 13.5. The van der Waals surface area contributed by atoms with E-state index in [9.17, 15) is 46.7 Å². The van der Waals surface area contributed by atoms with Crippen LogP contribution in [-0.2, 0) is 20.5 Å². The smallest absolute Gasteiger partial charge is 0.416 e. The van der Waals surface area contributed by atoms with Crippen LogP contribution in [0.15, 0.2) is 159 Å². The predicted molar refractivity (Wildman–Crippen MR) is 327 cm³/mol. The summed E-state index contributed by atoms with van der Waals surface area (Å²) in [6, 6.07) is 32.7. The standard InChI is InChI=1S/C32H28N6O6.C31H25F3N6O4.2CH4/c1-43-25-19-34-29(38-13-12-24(35-38)20-8-10-22(11-9-20)32(42)44-2)27-26(25)23(18-33-27)28(39)31(41)37-16-14-36(15-17-37)30(40)21-6-4-3-5-7-21;1-44-24-18-36-28(40-12-11-23(37-40)19-7-9-21(10-8-19)31(32,33)34)26-25(24)22(17-35-26)27(41)30(43)39-15-13-38(14-16-39)29(42)20-5-3-2-4-6-20;;/h3-13,18-19,33H,14-17H2,1-2H3;2-12,17-18,35H,13-16H2,1H3;2*1H4. The van der Waals surface area contributed by atoms with Gasteiger partial charge in [-0.25, -0.2) is 24.1 Å². The van der Waals surface area contributed by atoms with Gasteiger partial charge in [0.05, 0.1) is 89.2 Å². The lowest BCUT2D eigenvalue weighted by Gasteiger charge is -2.34. The molecule has 2 aliphatic rings. The van der Waals surface area contributed by atoms with E-state index in [2.05, 4.69) is 30.1 Å². The van der Waals surface area contributed by atoms with Gasteiger partial charge in [-0.15, -0.1) is 0 Å². The van der Waals surface area contributed by atoms with E-state index in [-0.39, 0.29) is 69.7 Å². The summed E-state index contributed by atoms with van der Waals surface area (Å²) in [5.74, 6) is -2.20. The fourth-order valence-corrected chi connectivity index (χ4v) is 10.4. The van der Waals surface area contributed by atoms with Gasteiger partial charge in [0.25, 0.3) is 35.2 Å². The van der Waals surface area contributed by atoms with Crippen LogP contribution in [-0.4, -0.2) is 174 Å². The first-order valence-corrected chi connectivity index (χ1v) is 27.5. The molecule has 0 bridgehead atoms. The predicted octanol–water partition coefficient (Wildman–Crippen LogP) is 9.26. The van der Waals surface area contributed by atoms with Gasteiger partial charge in [0, 0.05) is 99.4 Å². The molecule has 4 aromatic carbocycles. The van der Waals surface area contributed by atoms with Crippen LogP contribution in [0.1, 0.15) is 72.2 Å². The number of amides is 4. The number of Topliss-reactive ketones (excluding diaryl/α,β-unsaturated/α-hetero) is 2. The normalized spacial score (nSPS) is 13.1. The molecule has 0 atom stereocenters. The number of aromatic nitrogens is 8. The van der Waals surface area contributed by atoms with E-state index < -0.39 is 41.1 Å². The number of alkyl halides is 3. The molecule has 2 aliphatic heterocycles.